The van der Waals surface area contributed by atoms with E-state index in [1.807, 2.05) is 66.7 Å². The van der Waals surface area contributed by atoms with E-state index in [2.05, 4.69) is 10.3 Å². The fourth-order valence-electron chi connectivity index (χ4n) is 9.06. The van der Waals surface area contributed by atoms with Crippen LogP contribution in [0.25, 0.3) is 10.8 Å². The van der Waals surface area contributed by atoms with Crippen LogP contribution in [-0.2, 0) is 19.1 Å². The number of amides is 3. The Labute approximate surface area is 306 Å². The highest BCUT2D eigenvalue weighted by Gasteiger charge is 2.69. The van der Waals surface area contributed by atoms with Gasteiger partial charge >= 0.3 is 10.8 Å². The van der Waals surface area contributed by atoms with Crippen molar-refractivity contribution in [2.75, 3.05) is 23.4 Å². The summed E-state index contributed by atoms with van der Waals surface area (Å²) in [7, 11) is 0. The second-order valence-corrected chi connectivity index (χ2v) is 15.9. The smallest absolute Gasteiger partial charge is 0.338 e. The number of aromatic nitrogens is 1. The maximum Gasteiger partial charge on any atom is 0.338 e. The van der Waals surface area contributed by atoms with Gasteiger partial charge in [0.25, 0.3) is 5.91 Å². The first kappa shape index (κ1) is 32.7. The summed E-state index contributed by atoms with van der Waals surface area (Å²) in [5.74, 6) is -2.12. The van der Waals surface area contributed by atoms with E-state index in [1.54, 1.807) is 43.0 Å². The highest BCUT2D eigenvalue weighted by Crippen LogP contribution is 2.69. The molecule has 0 radical (unpaired) electrons. The molecule has 10 nitrogen and oxygen atoms in total. The lowest BCUT2D eigenvalue weighted by molar-refractivity contribution is -0.123. The Bertz CT molecular complexity index is 2340. The van der Waals surface area contributed by atoms with Crippen LogP contribution in [0.1, 0.15) is 40.1 Å². The lowest BCUT2D eigenvalue weighted by Crippen LogP contribution is -2.42. The maximum atomic E-state index is 14.2. The van der Waals surface area contributed by atoms with Crippen molar-refractivity contribution in [3.05, 3.63) is 117 Å². The van der Waals surface area contributed by atoms with Crippen LogP contribution in [-0.4, -0.2) is 47.1 Å². The zero-order chi connectivity index (χ0) is 35.7. The third kappa shape index (κ3) is 5.26. The molecule has 3 amide bonds. The number of esters is 1. The van der Waals surface area contributed by atoms with Gasteiger partial charge in [-0.1, -0.05) is 59.9 Å². The van der Waals surface area contributed by atoms with Gasteiger partial charge in [-0.05, 0) is 84.3 Å². The Balaban J connectivity index is 0.999. The second kappa shape index (κ2) is 12.8. The van der Waals surface area contributed by atoms with Crippen molar-refractivity contribution in [3.8, 4) is 5.75 Å². The third-order valence-corrected chi connectivity index (χ3v) is 13.6. The van der Waals surface area contributed by atoms with Gasteiger partial charge in [-0.25, -0.2) is 4.79 Å². The van der Waals surface area contributed by atoms with Crippen molar-refractivity contribution < 1.29 is 28.7 Å². The number of hydrogen-bond acceptors (Lipinski definition) is 9. The first-order valence-corrected chi connectivity index (χ1v) is 19.1. The Morgan fingerprint density at radius 2 is 1.62 bits per heavy atom. The van der Waals surface area contributed by atoms with Gasteiger partial charge in [-0.15, -0.1) is 11.8 Å². The third-order valence-electron chi connectivity index (χ3n) is 11.0. The quantitative estimate of drug-likeness (QED) is 0.137. The van der Waals surface area contributed by atoms with E-state index in [4.69, 9.17) is 9.47 Å². The van der Waals surface area contributed by atoms with Crippen molar-refractivity contribution >= 4 is 68.9 Å². The number of carbonyl (C=O) groups excluding carboxylic acids is 4. The molecule has 2 aliphatic heterocycles. The van der Waals surface area contributed by atoms with Gasteiger partial charge in [0.1, 0.15) is 5.75 Å². The molecule has 262 valence electrons. The average Bonchev–Trinajstić information content (AvgIpc) is 3.89. The summed E-state index contributed by atoms with van der Waals surface area (Å²) in [6.07, 6.45) is 0.734. The minimum atomic E-state index is -0.496. The van der Waals surface area contributed by atoms with Gasteiger partial charge in [-0.3, -0.25) is 24.1 Å². The standard InChI is InChI=1S/C40H33N3O7S2/c1-2-49-39(47)21-12-15-24(16-13-21)43-37(45)32-26-18-27(33(32)38(43)46)34-31(26)30(35-36(51-34)42-40(48)52-35)25-9-5-6-10-28(25)50-19-29(44)41-23-14-11-20-7-3-4-8-22(20)17-23/h3-17,26-27,30-34H,2,18-19H2,1H3,(H,41,44)(H,42,48)/t26-,27-,30-,31?,32?,33?,34?/m1/s1. The minimum absolute atomic E-state index is 0.0128. The number of thioether (sulfide) groups is 1. The van der Waals surface area contributed by atoms with Crippen LogP contribution in [0.2, 0.25) is 0 Å². The number of ether oxygens (including phenoxy) is 2. The molecule has 3 heterocycles. The molecule has 4 aromatic carbocycles. The summed E-state index contributed by atoms with van der Waals surface area (Å²) in [6, 6.07) is 27.7. The molecular formula is C40H33N3O7S2. The number of nitrogens with one attached hydrogen (secondary N) is 2. The zero-order valence-electron chi connectivity index (χ0n) is 27.9. The second-order valence-electron chi connectivity index (χ2n) is 13.7. The molecule has 52 heavy (non-hydrogen) atoms. The van der Waals surface area contributed by atoms with Crippen LogP contribution in [0.5, 0.6) is 5.75 Å². The number of aromatic amines is 1. The Hall–Kier alpha value is -5.20. The number of imide groups is 1. The number of rotatable bonds is 8. The van der Waals surface area contributed by atoms with Crippen LogP contribution < -0.4 is 19.8 Å². The van der Waals surface area contributed by atoms with E-state index < -0.39 is 17.8 Å². The number of anilines is 2. The van der Waals surface area contributed by atoms with Gasteiger partial charge in [-0.2, -0.15) is 0 Å². The highest BCUT2D eigenvalue weighted by molar-refractivity contribution is 8.00. The van der Waals surface area contributed by atoms with Crippen LogP contribution in [0.15, 0.2) is 101 Å². The van der Waals surface area contributed by atoms with Gasteiger partial charge in [0.2, 0.25) is 11.8 Å². The summed E-state index contributed by atoms with van der Waals surface area (Å²) >= 11 is 2.78. The lowest BCUT2D eigenvalue weighted by atomic mass is 9.68. The van der Waals surface area contributed by atoms with E-state index in [1.165, 1.54) is 16.2 Å². The van der Waals surface area contributed by atoms with Gasteiger partial charge < -0.3 is 19.8 Å². The molecular weight excluding hydrogens is 699 g/mol. The van der Waals surface area contributed by atoms with Gasteiger partial charge in [0, 0.05) is 27.3 Å². The van der Waals surface area contributed by atoms with Gasteiger partial charge in [0.05, 0.1) is 34.7 Å². The summed E-state index contributed by atoms with van der Waals surface area (Å²) in [6.45, 7) is 1.76. The molecule has 4 aliphatic rings. The molecule has 2 saturated carbocycles. The first-order chi connectivity index (χ1) is 25.3. The molecule has 2 aliphatic carbocycles. The molecule has 2 bridgehead atoms. The predicted molar refractivity (Wildman–Crippen MR) is 198 cm³/mol. The molecule has 7 atom stereocenters. The molecule has 3 fully saturated rings. The van der Waals surface area contributed by atoms with E-state index in [-0.39, 0.29) is 64.7 Å². The van der Waals surface area contributed by atoms with Crippen molar-refractivity contribution in [1.82, 2.24) is 4.98 Å². The molecule has 9 rings (SSSR count). The van der Waals surface area contributed by atoms with E-state index in [0.29, 0.717) is 22.7 Å². The van der Waals surface area contributed by atoms with Crippen molar-refractivity contribution in [3.63, 3.8) is 0 Å². The Kier molecular flexibility index (Phi) is 8.04. The topological polar surface area (TPSA) is 135 Å². The monoisotopic (exact) mass is 731 g/mol. The number of hydrogen-bond donors (Lipinski definition) is 2. The summed E-state index contributed by atoms with van der Waals surface area (Å²) in [5.41, 5.74) is 2.31. The normalized spacial score (nSPS) is 25.5. The number of benzene rings is 4. The zero-order valence-corrected chi connectivity index (χ0v) is 29.6. The fraction of sp³-hybridized carbons (Fsp3) is 0.275. The molecule has 1 saturated heterocycles. The number of nitrogens with zero attached hydrogens (tertiary/aromatic N) is 1. The summed E-state index contributed by atoms with van der Waals surface area (Å²) in [5, 5.41) is 5.81. The van der Waals surface area contributed by atoms with Crippen LogP contribution in [0, 0.1) is 29.6 Å². The number of thiazole rings is 1. The number of fused-ring (bicyclic) bond motifs is 10. The lowest BCUT2D eigenvalue weighted by Gasteiger charge is -2.43. The minimum Gasteiger partial charge on any atom is -0.483 e. The van der Waals surface area contributed by atoms with E-state index in [9.17, 15) is 24.0 Å². The number of H-pyrrole nitrogens is 1. The summed E-state index contributed by atoms with van der Waals surface area (Å²) in [4.78, 5) is 71.5. The van der Waals surface area contributed by atoms with E-state index in [0.717, 1.165) is 32.7 Å². The predicted octanol–water partition coefficient (Wildman–Crippen LogP) is 6.46. The molecule has 0 spiro atoms. The first-order valence-electron chi connectivity index (χ1n) is 17.4. The highest BCUT2D eigenvalue weighted by atomic mass is 32.2. The van der Waals surface area contributed by atoms with Crippen molar-refractivity contribution in [1.29, 1.82) is 0 Å². The molecule has 4 unspecified atom stereocenters. The molecule has 1 aromatic heterocycles. The average molecular weight is 732 g/mol. The van der Waals surface area contributed by atoms with Crippen LogP contribution in [0.3, 0.4) is 0 Å². The summed E-state index contributed by atoms with van der Waals surface area (Å²) < 4.78 is 11.3. The van der Waals surface area contributed by atoms with Crippen LogP contribution in [0.4, 0.5) is 11.4 Å². The molecule has 2 N–H and O–H groups in total. The van der Waals surface area contributed by atoms with Gasteiger partial charge in [0.15, 0.2) is 6.61 Å². The Morgan fingerprint density at radius 1 is 0.885 bits per heavy atom. The largest absolute Gasteiger partial charge is 0.483 e. The van der Waals surface area contributed by atoms with Crippen molar-refractivity contribution in [2.45, 2.75) is 29.5 Å². The molecule has 5 aromatic rings. The van der Waals surface area contributed by atoms with E-state index >= 15 is 0 Å². The number of para-hydroxylation sites is 1. The Morgan fingerprint density at radius 3 is 2.40 bits per heavy atom. The fourth-order valence-corrected chi connectivity index (χ4v) is 11.9. The SMILES string of the molecule is CCOC(=O)c1ccc(N2C(=O)C3C(C2=O)[C@@H]2C[C@H]3C3Sc4[nH]c(=O)sc4[C@H](c4ccccc4OCC(=O)Nc4ccc5ccccc5c4)C32)cc1. The maximum absolute atomic E-state index is 14.2. The molecule has 12 heteroatoms. The number of carbonyl (C=O) groups is 4. The van der Waals surface area contributed by atoms with Crippen LogP contribution >= 0.6 is 23.1 Å². The van der Waals surface area contributed by atoms with Crippen molar-refractivity contribution in [2.24, 2.45) is 29.6 Å².